The molecule has 0 bridgehead atoms. The number of esters is 1. The van der Waals surface area contributed by atoms with Crippen molar-refractivity contribution in [1.82, 2.24) is 4.90 Å². The second-order valence-electron chi connectivity index (χ2n) is 6.34. The van der Waals surface area contributed by atoms with Crippen LogP contribution in [0, 0.1) is 16.0 Å². The summed E-state index contributed by atoms with van der Waals surface area (Å²) in [7, 11) is 1.32. The van der Waals surface area contributed by atoms with Gasteiger partial charge in [0.1, 0.15) is 5.56 Å². The number of carbonyl (C=O) groups is 3. The fourth-order valence-corrected chi connectivity index (χ4v) is 3.00. The average Bonchev–Trinajstić information content (AvgIpc) is 2.71. The number of nitro groups is 1. The molecule has 0 aliphatic carbocycles. The van der Waals surface area contributed by atoms with Crippen LogP contribution in [0.2, 0.25) is 0 Å². The third-order valence-electron chi connectivity index (χ3n) is 4.58. The van der Waals surface area contributed by atoms with E-state index in [-0.39, 0.29) is 29.6 Å². The second-order valence-corrected chi connectivity index (χ2v) is 6.34. The second kappa shape index (κ2) is 9.71. The van der Waals surface area contributed by atoms with Gasteiger partial charge in [-0.05, 0) is 19.8 Å². The molecule has 1 aromatic rings. The summed E-state index contributed by atoms with van der Waals surface area (Å²) in [5.41, 5.74) is 4.39. The van der Waals surface area contributed by atoms with Gasteiger partial charge in [-0.25, -0.2) is 4.79 Å². The predicted octanol–water partition coefficient (Wildman–Crippen LogP) is 0.883. The largest absolute Gasteiger partial charge is 0.493 e. The molecule has 0 unspecified atom stereocenters. The molecular formula is C18H23N3O8. The van der Waals surface area contributed by atoms with Crippen LogP contribution in [0.25, 0.3) is 0 Å². The molecule has 29 heavy (non-hydrogen) atoms. The minimum Gasteiger partial charge on any atom is -0.493 e. The van der Waals surface area contributed by atoms with E-state index in [0.29, 0.717) is 25.9 Å². The molecule has 2 amide bonds. The maximum Gasteiger partial charge on any atom is 0.345 e. The number of hydrogen-bond acceptors (Lipinski definition) is 8. The van der Waals surface area contributed by atoms with Crippen molar-refractivity contribution < 1.29 is 33.5 Å². The topological polar surface area (TPSA) is 151 Å². The van der Waals surface area contributed by atoms with Crippen molar-refractivity contribution in [2.45, 2.75) is 19.8 Å². The fourth-order valence-electron chi connectivity index (χ4n) is 3.00. The van der Waals surface area contributed by atoms with E-state index in [1.165, 1.54) is 12.0 Å². The first-order valence-corrected chi connectivity index (χ1v) is 9.01. The zero-order valence-electron chi connectivity index (χ0n) is 16.2. The molecule has 1 aromatic carbocycles. The maximum atomic E-state index is 12.4. The summed E-state index contributed by atoms with van der Waals surface area (Å²) in [5.74, 6) is -1.92. The number of likely N-dealkylation sites (tertiary alicyclic amines) is 1. The Morgan fingerprint density at radius 1 is 1.24 bits per heavy atom. The zero-order chi connectivity index (χ0) is 21.6. The summed E-state index contributed by atoms with van der Waals surface area (Å²) >= 11 is 0. The number of hydrogen-bond donors (Lipinski definition) is 1. The summed E-state index contributed by atoms with van der Waals surface area (Å²) in [5, 5.41) is 11.3. The first-order chi connectivity index (χ1) is 13.8. The van der Waals surface area contributed by atoms with Crippen molar-refractivity contribution in [3.63, 3.8) is 0 Å². The standard InChI is InChI=1S/C18H23N3O8/c1-3-28-15-8-12(13(21(25)26)9-14(15)27-2)18(24)29-10-16(22)20-6-4-11(5-7-20)17(19)23/h8-9,11H,3-7,10H2,1-2H3,(H2,19,23). The average molecular weight is 409 g/mol. The van der Waals surface area contributed by atoms with E-state index in [1.54, 1.807) is 6.92 Å². The minimum absolute atomic E-state index is 0.100. The van der Waals surface area contributed by atoms with E-state index in [2.05, 4.69) is 0 Å². The Hall–Kier alpha value is -3.37. The van der Waals surface area contributed by atoms with Gasteiger partial charge in [-0.1, -0.05) is 0 Å². The Morgan fingerprint density at radius 3 is 2.41 bits per heavy atom. The SMILES string of the molecule is CCOc1cc(C(=O)OCC(=O)N2CCC(C(N)=O)CC2)c([N+](=O)[O-])cc1OC. The molecule has 158 valence electrons. The molecule has 0 radical (unpaired) electrons. The lowest BCUT2D eigenvalue weighted by Gasteiger charge is -2.30. The van der Waals surface area contributed by atoms with Gasteiger partial charge in [0.2, 0.25) is 5.91 Å². The van der Waals surface area contributed by atoms with Crippen LogP contribution < -0.4 is 15.2 Å². The smallest absolute Gasteiger partial charge is 0.345 e. The van der Waals surface area contributed by atoms with Crippen LogP contribution in [0.5, 0.6) is 11.5 Å². The lowest BCUT2D eigenvalue weighted by Crippen LogP contribution is -2.43. The van der Waals surface area contributed by atoms with Crippen molar-refractivity contribution in [3.8, 4) is 11.5 Å². The number of amides is 2. The van der Waals surface area contributed by atoms with Crippen molar-refractivity contribution >= 4 is 23.5 Å². The van der Waals surface area contributed by atoms with Crippen LogP contribution in [0.1, 0.15) is 30.1 Å². The first kappa shape index (κ1) is 21.9. The van der Waals surface area contributed by atoms with E-state index in [0.717, 1.165) is 12.1 Å². The highest BCUT2D eigenvalue weighted by Crippen LogP contribution is 2.35. The number of rotatable bonds is 8. The fraction of sp³-hybridized carbons (Fsp3) is 0.500. The van der Waals surface area contributed by atoms with Crippen molar-refractivity contribution in [1.29, 1.82) is 0 Å². The maximum absolute atomic E-state index is 12.4. The molecule has 0 atom stereocenters. The molecule has 1 fully saturated rings. The third-order valence-corrected chi connectivity index (χ3v) is 4.58. The normalized spacial score (nSPS) is 14.2. The van der Waals surface area contributed by atoms with Gasteiger partial charge in [0.15, 0.2) is 18.1 Å². The Morgan fingerprint density at radius 2 is 1.90 bits per heavy atom. The number of primary amides is 1. The molecule has 1 aliphatic heterocycles. The third kappa shape index (κ3) is 5.33. The molecule has 2 rings (SSSR count). The highest BCUT2D eigenvalue weighted by molar-refractivity contribution is 5.96. The molecule has 0 aromatic heterocycles. The van der Waals surface area contributed by atoms with E-state index in [1.807, 2.05) is 0 Å². The Kier molecular flexibility index (Phi) is 7.34. The number of nitrogens with zero attached hydrogens (tertiary/aromatic N) is 2. The van der Waals surface area contributed by atoms with Gasteiger partial charge < -0.3 is 24.8 Å². The number of piperidine rings is 1. The summed E-state index contributed by atoms with van der Waals surface area (Å²) in [6.45, 7) is 2.02. The first-order valence-electron chi connectivity index (χ1n) is 9.01. The van der Waals surface area contributed by atoms with Gasteiger partial charge in [-0.15, -0.1) is 0 Å². The van der Waals surface area contributed by atoms with E-state index in [9.17, 15) is 24.5 Å². The molecule has 11 heteroatoms. The quantitative estimate of drug-likeness (QED) is 0.377. The molecule has 1 heterocycles. The molecular weight excluding hydrogens is 386 g/mol. The Labute approximate surface area is 166 Å². The monoisotopic (exact) mass is 409 g/mol. The van der Waals surface area contributed by atoms with Crippen molar-refractivity contribution in [3.05, 3.63) is 27.8 Å². The number of benzene rings is 1. The van der Waals surface area contributed by atoms with Gasteiger partial charge in [-0.3, -0.25) is 19.7 Å². The number of methoxy groups -OCH3 is 1. The molecule has 1 aliphatic rings. The van der Waals surface area contributed by atoms with E-state index >= 15 is 0 Å². The van der Waals surface area contributed by atoms with E-state index < -0.39 is 35.0 Å². The van der Waals surface area contributed by atoms with Crippen LogP contribution in [0.4, 0.5) is 5.69 Å². The Bertz CT molecular complexity index is 803. The minimum atomic E-state index is -1.03. The number of nitrogens with two attached hydrogens (primary N) is 1. The predicted molar refractivity (Wildman–Crippen MR) is 99.6 cm³/mol. The van der Waals surface area contributed by atoms with Crippen molar-refractivity contribution in [2.24, 2.45) is 11.7 Å². The molecule has 2 N–H and O–H groups in total. The Balaban J connectivity index is 2.08. The van der Waals surface area contributed by atoms with Crippen LogP contribution in [-0.4, -0.2) is 61.0 Å². The van der Waals surface area contributed by atoms with Gasteiger partial charge in [0.05, 0.1) is 24.7 Å². The van der Waals surface area contributed by atoms with Crippen LogP contribution in [0.15, 0.2) is 12.1 Å². The van der Waals surface area contributed by atoms with Crippen LogP contribution in [0.3, 0.4) is 0 Å². The van der Waals surface area contributed by atoms with Crippen molar-refractivity contribution in [2.75, 3.05) is 33.4 Å². The van der Waals surface area contributed by atoms with Crippen LogP contribution in [-0.2, 0) is 14.3 Å². The van der Waals surface area contributed by atoms with Gasteiger partial charge >= 0.3 is 5.97 Å². The molecule has 1 saturated heterocycles. The summed E-state index contributed by atoms with van der Waals surface area (Å²) < 4.78 is 15.4. The number of nitro benzene ring substituents is 1. The highest BCUT2D eigenvalue weighted by Gasteiger charge is 2.29. The molecule has 0 saturated carbocycles. The summed E-state index contributed by atoms with van der Waals surface area (Å²) in [4.78, 5) is 47.9. The number of ether oxygens (including phenoxy) is 3. The lowest BCUT2D eigenvalue weighted by molar-refractivity contribution is -0.385. The number of carbonyl (C=O) groups excluding carboxylic acids is 3. The summed E-state index contributed by atoms with van der Waals surface area (Å²) in [6, 6.07) is 2.23. The van der Waals surface area contributed by atoms with Gasteiger partial charge in [-0.2, -0.15) is 0 Å². The van der Waals surface area contributed by atoms with E-state index in [4.69, 9.17) is 19.9 Å². The summed E-state index contributed by atoms with van der Waals surface area (Å²) in [6.07, 6.45) is 0.882. The molecule has 11 nitrogen and oxygen atoms in total. The van der Waals surface area contributed by atoms with Gasteiger partial charge in [0, 0.05) is 25.1 Å². The molecule has 0 spiro atoms. The highest BCUT2D eigenvalue weighted by atomic mass is 16.6. The van der Waals surface area contributed by atoms with Crippen LogP contribution >= 0.6 is 0 Å². The lowest BCUT2D eigenvalue weighted by atomic mass is 9.96. The zero-order valence-corrected chi connectivity index (χ0v) is 16.2. The van der Waals surface area contributed by atoms with Gasteiger partial charge in [0.25, 0.3) is 11.6 Å².